The normalized spacial score (nSPS) is 27.4. The molecule has 7 aliphatic rings. The van der Waals surface area contributed by atoms with Crippen LogP contribution in [0.15, 0.2) is 18.2 Å². The molecule has 0 amide bonds. The molecule has 2 saturated heterocycles. The Bertz CT molecular complexity index is 2560. The number of carbonyl (C=O) groups is 2. The van der Waals surface area contributed by atoms with Gasteiger partial charge in [-0.05, 0) is 68.1 Å². The Labute approximate surface area is 364 Å². The Morgan fingerprint density at radius 1 is 0.984 bits per heavy atom. The summed E-state index contributed by atoms with van der Waals surface area (Å²) in [7, 11) is 4.39. The van der Waals surface area contributed by atoms with Gasteiger partial charge in [0.25, 0.3) is 0 Å². The zero-order valence-electron chi connectivity index (χ0n) is 34.5. The van der Waals surface area contributed by atoms with Crippen LogP contribution in [0.3, 0.4) is 0 Å². The van der Waals surface area contributed by atoms with Gasteiger partial charge >= 0.3 is 30.0 Å². The number of nitriles is 1. The summed E-state index contributed by atoms with van der Waals surface area (Å²) >= 11 is 0.981. The van der Waals surface area contributed by atoms with Crippen molar-refractivity contribution in [3.8, 4) is 46.3 Å². The number of phenolic OH excluding ortho intramolecular Hbond substituents is 2. The number of rotatable bonds is 5. The lowest BCUT2D eigenvalue weighted by molar-refractivity contribution is -0.346. The first kappa shape index (κ1) is 43.9. The average molecular weight is 925 g/mol. The number of nitrogens with zero attached hydrogens (tertiary/aromatic N) is 3. The van der Waals surface area contributed by atoms with Crippen molar-refractivity contribution < 1.29 is 79.0 Å². The highest BCUT2D eigenvalue weighted by molar-refractivity contribution is 7.99. The van der Waals surface area contributed by atoms with Gasteiger partial charge in [-0.15, -0.1) is 11.8 Å². The van der Waals surface area contributed by atoms with Crippen molar-refractivity contribution in [2.75, 3.05) is 47.0 Å². The number of piperazine rings is 1. The Balaban J connectivity index is 1.33. The Hall–Kier alpha value is -5.37. The molecule has 3 aromatic carbocycles. The second-order valence-electron chi connectivity index (χ2n) is 16.5. The first-order chi connectivity index (χ1) is 30.2. The van der Waals surface area contributed by atoms with Crippen LogP contribution in [-0.2, 0) is 32.7 Å². The van der Waals surface area contributed by atoms with Gasteiger partial charge in [-0.1, -0.05) is 6.07 Å². The van der Waals surface area contributed by atoms with E-state index in [0.29, 0.717) is 34.2 Å². The number of aryl methyl sites for hydroxylation is 1. The smallest absolute Gasteiger partial charge is 0.460 e. The van der Waals surface area contributed by atoms with E-state index in [1.807, 2.05) is 11.0 Å². The SMILES string of the molecule is COc1cc2c(cc1O)CCN[C@]21CS[C@@H]2c3c(OC(=O)C(F)(F)C(F)(F)C(F)(F)F)c(C)c4c(c3[C@@H](COC1=O)N1C2[C@H]2c3c(cc(C)c(OC)c3O)C[C@@H]([C@@H]1C#N)N2C)OCO4. The molecule has 0 saturated carbocycles. The highest BCUT2D eigenvalue weighted by Gasteiger charge is 2.77. The number of fused-ring (bicyclic) bond motifs is 9. The van der Waals surface area contributed by atoms with Crippen LogP contribution < -0.4 is 29.0 Å². The Morgan fingerprint density at radius 2 is 1.70 bits per heavy atom. The molecule has 3 N–H and O–H groups in total. The first-order valence-electron chi connectivity index (χ1n) is 19.9. The van der Waals surface area contributed by atoms with Gasteiger partial charge in [-0.3, -0.25) is 15.1 Å². The van der Waals surface area contributed by atoms with E-state index >= 15 is 8.78 Å². The minimum absolute atomic E-state index is 0.0123. The lowest BCUT2D eigenvalue weighted by Crippen LogP contribution is -2.69. The van der Waals surface area contributed by atoms with Crippen LogP contribution in [0.5, 0.6) is 40.2 Å². The number of hydrogen-bond donors (Lipinski definition) is 3. The van der Waals surface area contributed by atoms with Gasteiger partial charge in [0.2, 0.25) is 6.79 Å². The summed E-state index contributed by atoms with van der Waals surface area (Å²) in [5.41, 5.74) is 0.275. The van der Waals surface area contributed by atoms with E-state index in [1.165, 1.54) is 33.3 Å². The van der Waals surface area contributed by atoms with E-state index in [-0.39, 0.29) is 69.9 Å². The molecule has 4 bridgehead atoms. The number of carbonyl (C=O) groups excluding carboxylic acids is 2. The van der Waals surface area contributed by atoms with Gasteiger partial charge in [-0.2, -0.15) is 36.0 Å². The largest absolute Gasteiger partial charge is 0.504 e. The quantitative estimate of drug-likeness (QED) is 0.159. The molecule has 3 aromatic rings. The molecule has 342 valence electrons. The van der Waals surface area contributed by atoms with E-state index in [1.54, 1.807) is 18.9 Å². The minimum Gasteiger partial charge on any atom is -0.504 e. The molecule has 7 heterocycles. The molecule has 0 radical (unpaired) electrons. The number of esters is 2. The number of likely N-dealkylation sites (N-methyl/N-ethyl adjacent to an activating group) is 1. The van der Waals surface area contributed by atoms with Crippen LogP contribution in [0.2, 0.25) is 0 Å². The van der Waals surface area contributed by atoms with Crippen LogP contribution in [0.4, 0.5) is 30.7 Å². The third-order valence-electron chi connectivity index (χ3n) is 13.4. The maximum atomic E-state index is 15.3. The lowest BCUT2D eigenvalue weighted by atomic mass is 9.71. The zero-order chi connectivity index (χ0) is 46.2. The number of alkyl halides is 7. The van der Waals surface area contributed by atoms with E-state index in [2.05, 4.69) is 11.4 Å². The van der Waals surface area contributed by atoms with Crippen molar-refractivity contribution in [1.82, 2.24) is 15.1 Å². The number of thioether (sulfide) groups is 1. The standard InChI is InChI=1S/C42H39F7N4O10S/c1-16-8-19-9-21-22(12-50)53-23-13-60-37(56)39(20-11-25(58-4)24(54)10-18(20)6-7-51-39)14-64-36(30(53)29(52(21)3)26(19)31(55)32(16)59-5)28-27(23)35-34(61-15-62-35)17(2)33(28)63-38(57)40(43,44)41(45,46)42(47,48)49/h8,10-11,21-23,29-30,36,51,54-55H,6-7,9,13-15H2,1-5H3/t21-,22-,23+,29+,30?,36+,39+/m0/s1. The van der Waals surface area contributed by atoms with Crippen molar-refractivity contribution in [3.05, 3.63) is 62.7 Å². The molecule has 0 aliphatic carbocycles. The number of benzene rings is 3. The van der Waals surface area contributed by atoms with E-state index < -0.39 is 90.1 Å². The molecule has 0 aromatic heterocycles. The molecular formula is C42H39F7N4O10S. The molecular weight excluding hydrogens is 886 g/mol. The van der Waals surface area contributed by atoms with Crippen molar-refractivity contribution in [1.29, 1.82) is 5.26 Å². The van der Waals surface area contributed by atoms with E-state index in [4.69, 9.17) is 28.4 Å². The van der Waals surface area contributed by atoms with Gasteiger partial charge in [0.15, 0.2) is 40.0 Å². The topological polar surface area (TPSA) is 172 Å². The molecule has 1 unspecified atom stereocenters. The van der Waals surface area contributed by atoms with Gasteiger partial charge in [-0.25, -0.2) is 9.59 Å². The molecule has 7 atom stereocenters. The van der Waals surface area contributed by atoms with Crippen molar-refractivity contribution in [2.45, 2.75) is 85.7 Å². The molecule has 2 fully saturated rings. The minimum atomic E-state index is -6.87. The number of aromatic hydroxyl groups is 2. The van der Waals surface area contributed by atoms with Gasteiger partial charge in [0, 0.05) is 46.6 Å². The Kier molecular flexibility index (Phi) is 10.2. The highest BCUT2D eigenvalue weighted by atomic mass is 32.2. The maximum Gasteiger partial charge on any atom is 0.460 e. The fourth-order valence-electron chi connectivity index (χ4n) is 10.5. The second-order valence-corrected chi connectivity index (χ2v) is 17.7. The monoisotopic (exact) mass is 924 g/mol. The summed E-state index contributed by atoms with van der Waals surface area (Å²) in [5, 5.41) is 35.9. The summed E-state index contributed by atoms with van der Waals surface area (Å²) < 4.78 is 134. The first-order valence-corrected chi connectivity index (χ1v) is 20.9. The van der Waals surface area contributed by atoms with Crippen LogP contribution in [-0.4, -0.2) is 115 Å². The molecule has 7 aliphatic heterocycles. The summed E-state index contributed by atoms with van der Waals surface area (Å²) in [5.74, 6) is -19.0. The van der Waals surface area contributed by atoms with Crippen LogP contribution in [0.1, 0.15) is 61.8 Å². The molecule has 22 heteroatoms. The third kappa shape index (κ3) is 5.88. The highest BCUT2D eigenvalue weighted by Crippen LogP contribution is 2.65. The van der Waals surface area contributed by atoms with Gasteiger partial charge < -0.3 is 38.6 Å². The second kappa shape index (κ2) is 14.8. The summed E-state index contributed by atoms with van der Waals surface area (Å²) in [6.07, 6.45) is -6.30. The van der Waals surface area contributed by atoms with E-state index in [0.717, 1.165) is 11.8 Å². The maximum absolute atomic E-state index is 15.3. The predicted octanol–water partition coefficient (Wildman–Crippen LogP) is 5.80. The van der Waals surface area contributed by atoms with Crippen LogP contribution in [0.25, 0.3) is 0 Å². The number of ether oxygens (including phenoxy) is 6. The average Bonchev–Trinajstić information content (AvgIpc) is 3.73. The van der Waals surface area contributed by atoms with Crippen molar-refractivity contribution in [3.63, 3.8) is 0 Å². The number of methoxy groups -OCH3 is 2. The fourth-order valence-corrected chi connectivity index (χ4v) is 12.2. The van der Waals surface area contributed by atoms with Crippen molar-refractivity contribution in [2.24, 2.45) is 0 Å². The number of phenols is 2. The van der Waals surface area contributed by atoms with Gasteiger partial charge in [0.05, 0.1) is 37.6 Å². The number of hydrogen-bond acceptors (Lipinski definition) is 15. The third-order valence-corrected chi connectivity index (χ3v) is 14.9. The molecule has 10 rings (SSSR count). The summed E-state index contributed by atoms with van der Waals surface area (Å²) in [6.45, 7) is 2.02. The predicted molar refractivity (Wildman–Crippen MR) is 208 cm³/mol. The van der Waals surface area contributed by atoms with E-state index in [9.17, 15) is 47.0 Å². The number of nitrogens with one attached hydrogen (secondary N) is 1. The van der Waals surface area contributed by atoms with Crippen LogP contribution >= 0.6 is 11.8 Å². The summed E-state index contributed by atoms with van der Waals surface area (Å²) in [6, 6.07) is 2.13. The summed E-state index contributed by atoms with van der Waals surface area (Å²) in [4.78, 5) is 31.7. The van der Waals surface area contributed by atoms with Gasteiger partial charge in [0.1, 0.15) is 18.4 Å². The molecule has 1 spiro atoms. The lowest BCUT2D eigenvalue weighted by Gasteiger charge is -2.62. The molecule has 14 nitrogen and oxygen atoms in total. The Morgan fingerprint density at radius 3 is 2.38 bits per heavy atom. The number of halogens is 7. The zero-order valence-corrected chi connectivity index (χ0v) is 35.3. The van der Waals surface area contributed by atoms with Crippen molar-refractivity contribution >= 4 is 23.7 Å². The van der Waals surface area contributed by atoms with Crippen LogP contribution in [0, 0.1) is 25.2 Å². The fraction of sp³-hybridized carbons (Fsp3) is 0.500. The molecule has 64 heavy (non-hydrogen) atoms.